The Morgan fingerprint density at radius 1 is 1.17 bits per heavy atom. The van der Waals surface area contributed by atoms with E-state index >= 15 is 0 Å². The number of nitrogens with zero attached hydrogens (tertiary/aromatic N) is 1. The first-order chi connectivity index (χ1) is 11.2. The van der Waals surface area contributed by atoms with Crippen LogP contribution >= 0.6 is 0 Å². The highest BCUT2D eigenvalue weighted by Gasteiger charge is 2.29. The second kappa shape index (κ2) is 7.82. The van der Waals surface area contributed by atoms with E-state index in [2.05, 4.69) is 4.90 Å². The molecule has 1 aromatic rings. The number of nitrogens with two attached hydrogens (primary N) is 1. The summed E-state index contributed by atoms with van der Waals surface area (Å²) in [6, 6.07) is 8.25. The Balaban J connectivity index is 1.60. The highest BCUT2D eigenvalue weighted by Crippen LogP contribution is 2.26. The molecule has 126 valence electrons. The monoisotopic (exact) mass is 316 g/mol. The van der Waals surface area contributed by atoms with Gasteiger partial charge >= 0.3 is 0 Å². The average Bonchev–Trinajstić information content (AvgIpc) is 3.25. The van der Waals surface area contributed by atoms with E-state index in [1.807, 2.05) is 24.3 Å². The molecule has 23 heavy (non-hydrogen) atoms. The molecule has 0 spiro atoms. The quantitative estimate of drug-likeness (QED) is 0.820. The zero-order valence-corrected chi connectivity index (χ0v) is 13.9. The van der Waals surface area contributed by atoms with Crippen LogP contribution in [0.1, 0.15) is 50.5 Å². The number of amides is 1. The lowest BCUT2D eigenvalue weighted by Gasteiger charge is -2.31. The number of carbonyl (C=O) groups is 1. The SMILES string of the molecule is Nc1ccccc1CCC(=O)N(CC1CCCO1)C1CCCC1. The van der Waals surface area contributed by atoms with Gasteiger partial charge in [0.2, 0.25) is 5.91 Å². The lowest BCUT2D eigenvalue weighted by Crippen LogP contribution is -2.43. The lowest BCUT2D eigenvalue weighted by atomic mass is 10.1. The summed E-state index contributed by atoms with van der Waals surface area (Å²) in [5.41, 5.74) is 7.85. The molecule has 1 heterocycles. The summed E-state index contributed by atoms with van der Waals surface area (Å²) in [5.74, 6) is 0.260. The van der Waals surface area contributed by atoms with Crippen molar-refractivity contribution in [1.82, 2.24) is 4.90 Å². The Kier molecular flexibility index (Phi) is 5.55. The van der Waals surface area contributed by atoms with Crippen LogP contribution in [0.2, 0.25) is 0 Å². The van der Waals surface area contributed by atoms with Crippen LogP contribution in [0.25, 0.3) is 0 Å². The average molecular weight is 316 g/mol. The zero-order chi connectivity index (χ0) is 16.1. The number of para-hydroxylation sites is 1. The third-order valence-electron chi connectivity index (χ3n) is 5.17. The molecule has 4 heteroatoms. The molecule has 1 aliphatic heterocycles. The van der Waals surface area contributed by atoms with Gasteiger partial charge in [0.25, 0.3) is 0 Å². The summed E-state index contributed by atoms with van der Waals surface area (Å²) in [6.07, 6.45) is 8.48. The first-order valence-corrected chi connectivity index (χ1v) is 8.98. The Labute approximate surface area is 139 Å². The van der Waals surface area contributed by atoms with Crippen molar-refractivity contribution in [2.24, 2.45) is 0 Å². The normalized spacial score (nSPS) is 21.7. The van der Waals surface area contributed by atoms with E-state index in [4.69, 9.17) is 10.5 Å². The molecular weight excluding hydrogens is 288 g/mol. The molecule has 2 N–H and O–H groups in total. The molecule has 1 saturated heterocycles. The van der Waals surface area contributed by atoms with Crippen molar-refractivity contribution < 1.29 is 9.53 Å². The van der Waals surface area contributed by atoms with E-state index in [1.165, 1.54) is 12.8 Å². The number of ether oxygens (including phenoxy) is 1. The van der Waals surface area contributed by atoms with Crippen molar-refractivity contribution in [2.75, 3.05) is 18.9 Å². The molecule has 2 aliphatic rings. The fourth-order valence-electron chi connectivity index (χ4n) is 3.83. The van der Waals surface area contributed by atoms with Crippen LogP contribution in [0, 0.1) is 0 Å². The lowest BCUT2D eigenvalue weighted by molar-refractivity contribution is -0.135. The highest BCUT2D eigenvalue weighted by molar-refractivity contribution is 5.77. The second-order valence-electron chi connectivity index (χ2n) is 6.82. The van der Waals surface area contributed by atoms with Gasteiger partial charge in [-0.05, 0) is 43.7 Å². The molecule has 1 unspecified atom stereocenters. The molecule has 4 nitrogen and oxygen atoms in total. The van der Waals surface area contributed by atoms with E-state index in [0.717, 1.165) is 56.5 Å². The fraction of sp³-hybridized carbons (Fsp3) is 0.632. The summed E-state index contributed by atoms with van der Waals surface area (Å²) < 4.78 is 5.76. The smallest absolute Gasteiger partial charge is 0.223 e. The number of carbonyl (C=O) groups excluding carboxylic acids is 1. The maximum Gasteiger partial charge on any atom is 0.223 e. The van der Waals surface area contributed by atoms with Gasteiger partial charge in [0, 0.05) is 31.3 Å². The molecule has 1 atom stereocenters. The van der Waals surface area contributed by atoms with Crippen LogP contribution < -0.4 is 5.73 Å². The Bertz CT molecular complexity index is 520. The number of rotatable bonds is 6. The van der Waals surface area contributed by atoms with Crippen molar-refractivity contribution >= 4 is 11.6 Å². The van der Waals surface area contributed by atoms with Crippen molar-refractivity contribution in [1.29, 1.82) is 0 Å². The first kappa shape index (κ1) is 16.3. The summed E-state index contributed by atoms with van der Waals surface area (Å²) >= 11 is 0. The third-order valence-corrected chi connectivity index (χ3v) is 5.17. The summed E-state index contributed by atoms with van der Waals surface area (Å²) in [7, 11) is 0. The van der Waals surface area contributed by atoms with Gasteiger partial charge in [-0.15, -0.1) is 0 Å². The van der Waals surface area contributed by atoms with Gasteiger partial charge < -0.3 is 15.4 Å². The molecule has 1 aromatic carbocycles. The number of benzene rings is 1. The van der Waals surface area contributed by atoms with E-state index in [-0.39, 0.29) is 12.0 Å². The highest BCUT2D eigenvalue weighted by atomic mass is 16.5. The molecule has 0 aromatic heterocycles. The van der Waals surface area contributed by atoms with E-state index in [0.29, 0.717) is 12.5 Å². The van der Waals surface area contributed by atoms with Crippen molar-refractivity contribution in [3.05, 3.63) is 29.8 Å². The fourth-order valence-corrected chi connectivity index (χ4v) is 3.83. The second-order valence-corrected chi connectivity index (χ2v) is 6.82. The Hall–Kier alpha value is -1.55. The predicted molar refractivity (Wildman–Crippen MR) is 92.1 cm³/mol. The van der Waals surface area contributed by atoms with Crippen LogP contribution in [0.5, 0.6) is 0 Å². The van der Waals surface area contributed by atoms with Gasteiger partial charge in [-0.3, -0.25) is 4.79 Å². The maximum atomic E-state index is 12.8. The van der Waals surface area contributed by atoms with Gasteiger partial charge in [0.15, 0.2) is 0 Å². The number of aryl methyl sites for hydroxylation is 1. The molecule has 1 amide bonds. The van der Waals surface area contributed by atoms with E-state index in [9.17, 15) is 4.79 Å². The van der Waals surface area contributed by atoms with Crippen LogP contribution in [-0.4, -0.2) is 36.1 Å². The largest absolute Gasteiger partial charge is 0.399 e. The predicted octanol–water partition coefficient (Wildman–Crippen LogP) is 3.15. The van der Waals surface area contributed by atoms with Gasteiger partial charge in [0.1, 0.15) is 0 Å². The van der Waals surface area contributed by atoms with E-state index in [1.54, 1.807) is 0 Å². The van der Waals surface area contributed by atoms with Gasteiger partial charge in [-0.2, -0.15) is 0 Å². The van der Waals surface area contributed by atoms with Crippen molar-refractivity contribution in [2.45, 2.75) is 63.5 Å². The topological polar surface area (TPSA) is 55.6 Å². The number of nitrogen functional groups attached to an aromatic ring is 1. The molecular formula is C19H28N2O2. The zero-order valence-electron chi connectivity index (χ0n) is 13.9. The standard InChI is InChI=1S/C19H28N2O2/c20-18-10-4-1-6-15(18)11-12-19(22)21(16-7-2-3-8-16)14-17-9-5-13-23-17/h1,4,6,10,16-17H,2-3,5,7-9,11-14,20H2. The van der Waals surface area contributed by atoms with Crippen LogP contribution in [0.15, 0.2) is 24.3 Å². The van der Waals surface area contributed by atoms with Crippen LogP contribution in [0.4, 0.5) is 5.69 Å². The van der Waals surface area contributed by atoms with Crippen LogP contribution in [-0.2, 0) is 16.0 Å². The summed E-state index contributed by atoms with van der Waals surface area (Å²) in [6.45, 7) is 1.62. The number of anilines is 1. The third kappa shape index (κ3) is 4.25. The Morgan fingerprint density at radius 3 is 2.65 bits per heavy atom. The molecule has 0 bridgehead atoms. The minimum Gasteiger partial charge on any atom is -0.399 e. The summed E-state index contributed by atoms with van der Waals surface area (Å²) in [4.78, 5) is 14.9. The number of hydrogen-bond donors (Lipinski definition) is 1. The molecule has 3 rings (SSSR count). The number of hydrogen-bond acceptors (Lipinski definition) is 3. The van der Waals surface area contributed by atoms with Gasteiger partial charge in [-0.25, -0.2) is 0 Å². The first-order valence-electron chi connectivity index (χ1n) is 8.98. The minimum absolute atomic E-state index is 0.237. The molecule has 1 aliphatic carbocycles. The van der Waals surface area contributed by atoms with Crippen molar-refractivity contribution in [3.63, 3.8) is 0 Å². The van der Waals surface area contributed by atoms with Gasteiger partial charge in [-0.1, -0.05) is 31.0 Å². The van der Waals surface area contributed by atoms with Crippen LogP contribution in [0.3, 0.4) is 0 Å². The molecule has 1 saturated carbocycles. The summed E-state index contributed by atoms with van der Waals surface area (Å²) in [5, 5.41) is 0. The molecule has 2 fully saturated rings. The molecule has 0 radical (unpaired) electrons. The Morgan fingerprint density at radius 2 is 1.96 bits per heavy atom. The van der Waals surface area contributed by atoms with Gasteiger partial charge in [0.05, 0.1) is 6.10 Å². The van der Waals surface area contributed by atoms with Crippen molar-refractivity contribution in [3.8, 4) is 0 Å². The van der Waals surface area contributed by atoms with E-state index < -0.39 is 0 Å². The minimum atomic E-state index is 0.237. The maximum absolute atomic E-state index is 12.8.